The van der Waals surface area contributed by atoms with Crippen molar-refractivity contribution < 1.29 is 18.3 Å². The van der Waals surface area contributed by atoms with Crippen molar-refractivity contribution in [2.24, 2.45) is 5.92 Å². The Balaban J connectivity index is 1.52. The summed E-state index contributed by atoms with van der Waals surface area (Å²) in [7, 11) is 1.65. The van der Waals surface area contributed by atoms with E-state index in [0.29, 0.717) is 12.8 Å². The molecule has 0 bridgehead atoms. The molecular formula is C20H22F2N2O2. The molecule has 2 aromatic rings. The van der Waals surface area contributed by atoms with Crippen molar-refractivity contribution in [3.8, 4) is 5.75 Å². The Hall–Kier alpha value is -2.47. The van der Waals surface area contributed by atoms with Crippen LogP contribution in [0.2, 0.25) is 0 Å². The highest BCUT2D eigenvalue weighted by Crippen LogP contribution is 2.23. The zero-order valence-corrected chi connectivity index (χ0v) is 14.7. The molecule has 2 aromatic carbocycles. The van der Waals surface area contributed by atoms with E-state index < -0.39 is 11.6 Å². The molecule has 1 fully saturated rings. The Kier molecular flexibility index (Phi) is 5.83. The second-order valence-corrected chi connectivity index (χ2v) is 6.52. The molecule has 26 heavy (non-hydrogen) atoms. The van der Waals surface area contributed by atoms with E-state index in [0.717, 1.165) is 37.5 Å². The largest absolute Gasteiger partial charge is 0.497 e. The maximum atomic E-state index is 13.7. The number of nitrogens with one attached hydrogen (secondary N) is 1. The number of nitrogens with zero attached hydrogens (tertiary/aromatic N) is 1. The van der Waals surface area contributed by atoms with Gasteiger partial charge in [0.1, 0.15) is 17.4 Å². The van der Waals surface area contributed by atoms with Crippen LogP contribution < -0.4 is 10.1 Å². The fourth-order valence-corrected chi connectivity index (χ4v) is 3.21. The summed E-state index contributed by atoms with van der Waals surface area (Å²) < 4.78 is 31.9. The standard InChI is InChI=1S/C20H22F2N2O2/c1-26-17-4-2-3-14(11-17)13-24-9-7-15(8-10-24)20(25)23-19-6-5-16(21)12-18(19)22/h2-6,11-12,15H,7-10,13H2,1H3,(H,23,25). The molecule has 3 rings (SSSR count). The molecule has 0 aliphatic carbocycles. The van der Waals surface area contributed by atoms with Crippen LogP contribution in [-0.4, -0.2) is 31.0 Å². The van der Waals surface area contributed by atoms with Crippen molar-refractivity contribution in [2.45, 2.75) is 19.4 Å². The fourth-order valence-electron chi connectivity index (χ4n) is 3.21. The number of rotatable bonds is 5. The first-order valence-electron chi connectivity index (χ1n) is 8.66. The normalized spacial score (nSPS) is 15.7. The van der Waals surface area contributed by atoms with E-state index in [-0.39, 0.29) is 17.5 Å². The van der Waals surface area contributed by atoms with Gasteiger partial charge in [-0.15, -0.1) is 0 Å². The highest BCUT2D eigenvalue weighted by Gasteiger charge is 2.25. The lowest BCUT2D eigenvalue weighted by molar-refractivity contribution is -0.121. The molecule has 138 valence electrons. The zero-order chi connectivity index (χ0) is 18.5. The Bertz CT molecular complexity index is 774. The van der Waals surface area contributed by atoms with Gasteiger partial charge in [0, 0.05) is 18.5 Å². The molecule has 4 nitrogen and oxygen atoms in total. The lowest BCUT2D eigenvalue weighted by Crippen LogP contribution is -2.37. The van der Waals surface area contributed by atoms with E-state index in [1.807, 2.05) is 18.2 Å². The number of piperidine rings is 1. The molecule has 0 atom stereocenters. The topological polar surface area (TPSA) is 41.6 Å². The average Bonchev–Trinajstić information content (AvgIpc) is 2.64. The van der Waals surface area contributed by atoms with Crippen LogP contribution in [0.15, 0.2) is 42.5 Å². The van der Waals surface area contributed by atoms with Crippen molar-refractivity contribution >= 4 is 11.6 Å². The van der Waals surface area contributed by atoms with Gasteiger partial charge in [0.25, 0.3) is 0 Å². The first-order valence-corrected chi connectivity index (χ1v) is 8.66. The van der Waals surface area contributed by atoms with Gasteiger partial charge in [-0.05, 0) is 55.8 Å². The Morgan fingerprint density at radius 2 is 1.96 bits per heavy atom. The van der Waals surface area contributed by atoms with Crippen LogP contribution in [0.5, 0.6) is 5.75 Å². The maximum Gasteiger partial charge on any atom is 0.227 e. The quantitative estimate of drug-likeness (QED) is 0.881. The van der Waals surface area contributed by atoms with Gasteiger partial charge in [0.2, 0.25) is 5.91 Å². The predicted molar refractivity (Wildman–Crippen MR) is 96.0 cm³/mol. The van der Waals surface area contributed by atoms with E-state index in [4.69, 9.17) is 4.74 Å². The number of methoxy groups -OCH3 is 1. The van der Waals surface area contributed by atoms with E-state index in [1.54, 1.807) is 7.11 Å². The molecule has 6 heteroatoms. The third-order valence-corrected chi connectivity index (χ3v) is 4.69. The van der Waals surface area contributed by atoms with E-state index in [1.165, 1.54) is 11.6 Å². The van der Waals surface area contributed by atoms with Gasteiger partial charge in [-0.3, -0.25) is 9.69 Å². The van der Waals surface area contributed by atoms with Gasteiger partial charge in [-0.2, -0.15) is 0 Å². The lowest BCUT2D eigenvalue weighted by Gasteiger charge is -2.31. The van der Waals surface area contributed by atoms with E-state index in [2.05, 4.69) is 16.3 Å². The Morgan fingerprint density at radius 1 is 1.19 bits per heavy atom. The van der Waals surface area contributed by atoms with Crippen LogP contribution in [-0.2, 0) is 11.3 Å². The van der Waals surface area contributed by atoms with Crippen molar-refractivity contribution in [1.29, 1.82) is 0 Å². The predicted octanol–water partition coefficient (Wildman–Crippen LogP) is 3.82. The van der Waals surface area contributed by atoms with Gasteiger partial charge in [-0.1, -0.05) is 12.1 Å². The number of halogens is 2. The Labute approximate surface area is 151 Å². The highest BCUT2D eigenvalue weighted by molar-refractivity contribution is 5.92. The van der Waals surface area contributed by atoms with Crippen LogP contribution >= 0.6 is 0 Å². The molecule has 0 unspecified atom stereocenters. The molecule has 1 aliphatic heterocycles. The number of benzene rings is 2. The minimum absolute atomic E-state index is 0.0233. The summed E-state index contributed by atoms with van der Waals surface area (Å²) in [5.41, 5.74) is 1.19. The van der Waals surface area contributed by atoms with Gasteiger partial charge in [-0.25, -0.2) is 8.78 Å². The number of amides is 1. The summed E-state index contributed by atoms with van der Waals surface area (Å²) in [5.74, 6) is -0.962. The summed E-state index contributed by atoms with van der Waals surface area (Å²) in [5, 5.41) is 2.57. The second-order valence-electron chi connectivity index (χ2n) is 6.52. The van der Waals surface area contributed by atoms with Crippen LogP contribution in [0.25, 0.3) is 0 Å². The van der Waals surface area contributed by atoms with Gasteiger partial charge >= 0.3 is 0 Å². The minimum Gasteiger partial charge on any atom is -0.497 e. The summed E-state index contributed by atoms with van der Waals surface area (Å²) in [6.07, 6.45) is 1.41. The monoisotopic (exact) mass is 360 g/mol. The van der Waals surface area contributed by atoms with Gasteiger partial charge in [0.05, 0.1) is 12.8 Å². The summed E-state index contributed by atoms with van der Waals surface area (Å²) in [6.45, 7) is 2.39. The molecule has 1 N–H and O–H groups in total. The summed E-state index contributed by atoms with van der Waals surface area (Å²) >= 11 is 0. The third-order valence-electron chi connectivity index (χ3n) is 4.69. The molecule has 0 spiro atoms. The summed E-state index contributed by atoms with van der Waals surface area (Å²) in [6, 6.07) is 11.1. The number of anilines is 1. The number of carbonyl (C=O) groups excluding carboxylic acids is 1. The van der Waals surface area contributed by atoms with Crippen LogP contribution in [0.4, 0.5) is 14.5 Å². The highest BCUT2D eigenvalue weighted by atomic mass is 19.1. The van der Waals surface area contributed by atoms with Gasteiger partial charge < -0.3 is 10.1 Å². The van der Waals surface area contributed by atoms with Crippen molar-refractivity contribution in [2.75, 3.05) is 25.5 Å². The number of likely N-dealkylation sites (tertiary alicyclic amines) is 1. The van der Waals surface area contributed by atoms with E-state index in [9.17, 15) is 13.6 Å². The number of carbonyl (C=O) groups is 1. The molecular weight excluding hydrogens is 338 g/mol. The molecule has 1 aliphatic rings. The molecule has 1 saturated heterocycles. The van der Waals surface area contributed by atoms with Gasteiger partial charge in [0.15, 0.2) is 0 Å². The fraction of sp³-hybridized carbons (Fsp3) is 0.350. The van der Waals surface area contributed by atoms with Crippen molar-refractivity contribution in [1.82, 2.24) is 4.90 Å². The first kappa shape index (κ1) is 18.3. The van der Waals surface area contributed by atoms with Crippen LogP contribution in [0, 0.1) is 17.6 Å². The smallest absolute Gasteiger partial charge is 0.227 e. The lowest BCUT2D eigenvalue weighted by atomic mass is 9.95. The number of ether oxygens (including phenoxy) is 1. The molecule has 0 saturated carbocycles. The molecule has 1 heterocycles. The SMILES string of the molecule is COc1cccc(CN2CCC(C(=O)Nc3ccc(F)cc3F)CC2)c1. The minimum atomic E-state index is -0.756. The van der Waals surface area contributed by atoms with Crippen LogP contribution in [0.1, 0.15) is 18.4 Å². The number of hydrogen-bond donors (Lipinski definition) is 1. The van der Waals surface area contributed by atoms with Crippen LogP contribution in [0.3, 0.4) is 0 Å². The molecule has 0 radical (unpaired) electrons. The first-order chi connectivity index (χ1) is 12.5. The molecule has 1 amide bonds. The average molecular weight is 360 g/mol. The molecule has 0 aromatic heterocycles. The van der Waals surface area contributed by atoms with E-state index >= 15 is 0 Å². The Morgan fingerprint density at radius 3 is 2.65 bits per heavy atom. The number of hydrogen-bond acceptors (Lipinski definition) is 3. The summed E-state index contributed by atoms with van der Waals surface area (Å²) in [4.78, 5) is 14.6. The maximum absolute atomic E-state index is 13.7. The van der Waals surface area contributed by atoms with Crippen molar-refractivity contribution in [3.63, 3.8) is 0 Å². The second kappa shape index (κ2) is 8.27. The zero-order valence-electron chi connectivity index (χ0n) is 14.7. The third kappa shape index (κ3) is 4.58. The van der Waals surface area contributed by atoms with Crippen molar-refractivity contribution in [3.05, 3.63) is 59.7 Å².